The summed E-state index contributed by atoms with van der Waals surface area (Å²) in [6.07, 6.45) is 3.20. The Morgan fingerprint density at radius 1 is 1.00 bits per heavy atom. The summed E-state index contributed by atoms with van der Waals surface area (Å²) in [4.78, 5) is 27.3. The van der Waals surface area contributed by atoms with Gasteiger partial charge in [-0.25, -0.2) is 0 Å². The lowest BCUT2D eigenvalue weighted by molar-refractivity contribution is -0.116. The zero-order chi connectivity index (χ0) is 19.5. The van der Waals surface area contributed by atoms with E-state index < -0.39 is 0 Å². The van der Waals surface area contributed by atoms with Crippen LogP contribution in [0.3, 0.4) is 0 Å². The smallest absolute Gasteiger partial charge is 0.275 e. The zero-order valence-electron chi connectivity index (χ0n) is 15.4. The van der Waals surface area contributed by atoms with Gasteiger partial charge >= 0.3 is 0 Å². The van der Waals surface area contributed by atoms with Crippen molar-refractivity contribution in [3.05, 3.63) is 59.2 Å². The van der Waals surface area contributed by atoms with E-state index >= 15 is 0 Å². The summed E-state index contributed by atoms with van der Waals surface area (Å²) >= 11 is 5.88. The molecule has 7 heteroatoms. The molecule has 3 aromatic rings. The number of rotatable bonds is 4. The maximum absolute atomic E-state index is 13.0. The number of aromatic nitrogens is 2. The third kappa shape index (κ3) is 3.87. The lowest BCUT2D eigenvalue weighted by Crippen LogP contribution is -2.36. The van der Waals surface area contributed by atoms with Crippen molar-refractivity contribution in [1.82, 2.24) is 14.7 Å². The SMILES string of the molecule is O=C(Cn1nc(C(=O)N2CCCCC2)c2ccccc21)Nc1ccc(Cl)cc1. The van der Waals surface area contributed by atoms with Gasteiger partial charge in [0.05, 0.1) is 5.52 Å². The van der Waals surface area contributed by atoms with Crippen LogP contribution in [0.5, 0.6) is 0 Å². The number of halogens is 1. The fourth-order valence-electron chi connectivity index (χ4n) is 3.52. The van der Waals surface area contributed by atoms with Crippen LogP contribution in [0.4, 0.5) is 5.69 Å². The summed E-state index contributed by atoms with van der Waals surface area (Å²) in [5.74, 6) is -0.277. The largest absolute Gasteiger partial charge is 0.337 e. The van der Waals surface area contributed by atoms with Gasteiger partial charge < -0.3 is 10.2 Å². The molecule has 1 N–H and O–H groups in total. The molecule has 28 heavy (non-hydrogen) atoms. The van der Waals surface area contributed by atoms with E-state index in [4.69, 9.17) is 11.6 Å². The molecule has 1 aliphatic rings. The molecule has 1 aromatic heterocycles. The first-order valence-electron chi connectivity index (χ1n) is 9.42. The van der Waals surface area contributed by atoms with Crippen LogP contribution in [0.1, 0.15) is 29.8 Å². The summed E-state index contributed by atoms with van der Waals surface area (Å²) in [5, 5.41) is 8.72. The summed E-state index contributed by atoms with van der Waals surface area (Å²) in [7, 11) is 0. The molecular formula is C21H21ClN4O2. The molecule has 0 unspecified atom stereocenters. The van der Waals surface area contributed by atoms with Gasteiger partial charge in [-0.3, -0.25) is 14.3 Å². The molecule has 4 rings (SSSR count). The Bertz CT molecular complexity index is 1010. The molecule has 0 spiro atoms. The number of hydrogen-bond donors (Lipinski definition) is 1. The Labute approximate surface area is 168 Å². The van der Waals surface area contributed by atoms with Gasteiger partial charge in [-0.15, -0.1) is 0 Å². The Morgan fingerprint density at radius 2 is 1.71 bits per heavy atom. The van der Waals surface area contributed by atoms with E-state index in [9.17, 15) is 9.59 Å². The Morgan fingerprint density at radius 3 is 2.46 bits per heavy atom. The first kappa shape index (κ1) is 18.5. The van der Waals surface area contributed by atoms with E-state index in [1.54, 1.807) is 28.9 Å². The standard InChI is InChI=1S/C21H21ClN4O2/c22-15-8-10-16(11-9-15)23-19(27)14-26-18-7-3-2-6-17(18)20(24-26)21(28)25-12-4-1-5-13-25/h2-3,6-11H,1,4-5,12-14H2,(H,23,27). The third-order valence-corrected chi connectivity index (χ3v) is 5.18. The van der Waals surface area contributed by atoms with Gasteiger partial charge in [-0.05, 0) is 49.6 Å². The minimum absolute atomic E-state index is 0.0242. The molecule has 1 saturated heterocycles. The van der Waals surface area contributed by atoms with Crippen LogP contribution >= 0.6 is 11.6 Å². The van der Waals surface area contributed by atoms with E-state index in [1.807, 2.05) is 29.2 Å². The Hall–Kier alpha value is -2.86. The number of piperidine rings is 1. The lowest BCUT2D eigenvalue weighted by Gasteiger charge is -2.25. The predicted molar refractivity (Wildman–Crippen MR) is 110 cm³/mol. The van der Waals surface area contributed by atoms with Crippen molar-refractivity contribution >= 4 is 40.0 Å². The number of carbonyl (C=O) groups excluding carboxylic acids is 2. The van der Waals surface area contributed by atoms with Crippen molar-refractivity contribution < 1.29 is 9.59 Å². The molecule has 144 valence electrons. The first-order chi connectivity index (χ1) is 13.6. The lowest BCUT2D eigenvalue weighted by atomic mass is 10.1. The number of nitrogens with zero attached hydrogens (tertiary/aromatic N) is 3. The Balaban J connectivity index is 1.58. The average molecular weight is 397 g/mol. The molecular weight excluding hydrogens is 376 g/mol. The number of nitrogens with one attached hydrogen (secondary N) is 1. The van der Waals surface area contributed by atoms with Crippen molar-refractivity contribution in [1.29, 1.82) is 0 Å². The molecule has 0 aliphatic carbocycles. The normalized spacial score (nSPS) is 14.2. The summed E-state index contributed by atoms with van der Waals surface area (Å²) in [6.45, 7) is 1.55. The van der Waals surface area contributed by atoms with Gasteiger partial charge in [0.15, 0.2) is 5.69 Å². The highest BCUT2D eigenvalue weighted by Crippen LogP contribution is 2.22. The van der Waals surface area contributed by atoms with Gasteiger partial charge in [0.2, 0.25) is 5.91 Å². The molecule has 2 aromatic carbocycles. The summed E-state index contributed by atoms with van der Waals surface area (Å²) < 4.78 is 1.60. The van der Waals surface area contributed by atoms with Crippen LogP contribution in [0.25, 0.3) is 10.9 Å². The minimum Gasteiger partial charge on any atom is -0.337 e. The van der Waals surface area contributed by atoms with E-state index in [2.05, 4.69) is 10.4 Å². The van der Waals surface area contributed by atoms with Gasteiger partial charge in [-0.2, -0.15) is 5.10 Å². The van der Waals surface area contributed by atoms with Gasteiger partial charge in [0.25, 0.3) is 5.91 Å². The van der Waals surface area contributed by atoms with Gasteiger partial charge in [0, 0.05) is 29.2 Å². The monoisotopic (exact) mass is 396 g/mol. The number of anilines is 1. The molecule has 1 aliphatic heterocycles. The van der Waals surface area contributed by atoms with Crippen molar-refractivity contribution in [3.8, 4) is 0 Å². The molecule has 0 atom stereocenters. The maximum Gasteiger partial charge on any atom is 0.275 e. The van der Waals surface area contributed by atoms with Gasteiger partial charge in [-0.1, -0.05) is 29.8 Å². The first-order valence-corrected chi connectivity index (χ1v) is 9.80. The molecule has 2 amide bonds. The quantitative estimate of drug-likeness (QED) is 0.725. The fraction of sp³-hybridized carbons (Fsp3) is 0.286. The van der Waals surface area contributed by atoms with Gasteiger partial charge in [0.1, 0.15) is 6.54 Å². The second kappa shape index (κ2) is 8.02. The van der Waals surface area contributed by atoms with Crippen molar-refractivity contribution in [3.63, 3.8) is 0 Å². The zero-order valence-corrected chi connectivity index (χ0v) is 16.2. The molecule has 2 heterocycles. The number of benzene rings is 2. The van der Waals surface area contributed by atoms with Crippen LogP contribution in [0.2, 0.25) is 5.02 Å². The second-order valence-corrected chi connectivity index (χ2v) is 7.37. The maximum atomic E-state index is 13.0. The molecule has 1 fully saturated rings. The van der Waals surface area contributed by atoms with Crippen molar-refractivity contribution in [2.45, 2.75) is 25.8 Å². The van der Waals surface area contributed by atoms with E-state index in [0.717, 1.165) is 43.3 Å². The number of fused-ring (bicyclic) bond motifs is 1. The molecule has 0 saturated carbocycles. The van der Waals surface area contributed by atoms with Crippen LogP contribution < -0.4 is 5.32 Å². The highest BCUT2D eigenvalue weighted by molar-refractivity contribution is 6.30. The van der Waals surface area contributed by atoms with E-state index in [-0.39, 0.29) is 18.4 Å². The molecule has 6 nitrogen and oxygen atoms in total. The number of para-hydroxylation sites is 1. The van der Waals surface area contributed by atoms with Crippen LogP contribution in [-0.4, -0.2) is 39.6 Å². The summed E-state index contributed by atoms with van der Waals surface area (Å²) in [6, 6.07) is 14.4. The van der Waals surface area contributed by atoms with Crippen LogP contribution in [0.15, 0.2) is 48.5 Å². The predicted octanol–water partition coefficient (Wildman–Crippen LogP) is 3.95. The van der Waals surface area contributed by atoms with E-state index in [0.29, 0.717) is 16.4 Å². The van der Waals surface area contributed by atoms with Crippen LogP contribution in [0, 0.1) is 0 Å². The average Bonchev–Trinajstić information content (AvgIpc) is 3.08. The third-order valence-electron chi connectivity index (χ3n) is 4.93. The van der Waals surface area contributed by atoms with Crippen molar-refractivity contribution in [2.75, 3.05) is 18.4 Å². The number of amides is 2. The number of hydrogen-bond acceptors (Lipinski definition) is 3. The number of carbonyl (C=O) groups is 2. The number of likely N-dealkylation sites (tertiary alicyclic amines) is 1. The molecule has 0 radical (unpaired) electrons. The molecule has 0 bridgehead atoms. The van der Waals surface area contributed by atoms with E-state index in [1.165, 1.54) is 0 Å². The Kier molecular flexibility index (Phi) is 5.30. The second-order valence-electron chi connectivity index (χ2n) is 6.93. The fourth-order valence-corrected chi connectivity index (χ4v) is 3.65. The minimum atomic E-state index is -0.215. The highest BCUT2D eigenvalue weighted by atomic mass is 35.5. The topological polar surface area (TPSA) is 67.2 Å². The van der Waals surface area contributed by atoms with Crippen molar-refractivity contribution in [2.24, 2.45) is 0 Å². The summed E-state index contributed by atoms with van der Waals surface area (Å²) in [5.41, 5.74) is 1.85. The van der Waals surface area contributed by atoms with Crippen LogP contribution in [-0.2, 0) is 11.3 Å². The highest BCUT2D eigenvalue weighted by Gasteiger charge is 2.24.